The fraction of sp³-hybridized carbons (Fsp3) is 0.0588. The molecule has 0 unspecified atom stereocenters. The Bertz CT molecular complexity index is 1950. The lowest BCUT2D eigenvalue weighted by Crippen LogP contribution is -1.93. The summed E-state index contributed by atoms with van der Waals surface area (Å²) in [4.78, 5) is 3.64. The Hall–Kier alpha value is -5.32. The van der Waals surface area contributed by atoms with Crippen LogP contribution in [0.2, 0.25) is 0 Å². The third-order valence-electron chi connectivity index (χ3n) is 6.91. The Kier molecular flexibility index (Phi) is 5.64. The predicted octanol–water partition coefficient (Wildman–Crippen LogP) is 9.77. The molecule has 0 amide bonds. The molecular formula is C34H22N2O2. The van der Waals surface area contributed by atoms with Gasteiger partial charge < -0.3 is 9.47 Å². The quantitative estimate of drug-likeness (QED) is 0.182. The molecule has 0 bridgehead atoms. The van der Waals surface area contributed by atoms with Crippen LogP contribution in [0.5, 0.6) is 23.0 Å². The van der Waals surface area contributed by atoms with Gasteiger partial charge in [-0.3, -0.25) is 0 Å². The number of nitriles is 1. The molecule has 0 spiro atoms. The lowest BCUT2D eigenvalue weighted by molar-refractivity contribution is 0.420. The van der Waals surface area contributed by atoms with Crippen LogP contribution in [0.15, 0.2) is 97.1 Å². The fourth-order valence-corrected chi connectivity index (χ4v) is 4.87. The average Bonchev–Trinajstić information content (AvgIpc) is 2.95. The van der Waals surface area contributed by atoms with E-state index in [4.69, 9.17) is 16.0 Å². The topological polar surface area (TPSA) is 46.6 Å². The summed E-state index contributed by atoms with van der Waals surface area (Å²) in [7, 11) is 0. The van der Waals surface area contributed by atoms with Gasteiger partial charge in [-0.2, -0.15) is 5.26 Å². The monoisotopic (exact) mass is 490 g/mol. The Morgan fingerprint density at radius 2 is 1.03 bits per heavy atom. The standard InChI is InChI=1S/C34H22N2O2/c1-21-14-26-27(15-22(21)2)30-18-33(37-24-10-6-4-7-11-24)34(38-25-12-8-5-9-13-25)19-31(30)28-16-23(20-35)32(36-3)17-29(26)28/h4-19H,1-2H3. The first-order valence-corrected chi connectivity index (χ1v) is 12.3. The number of ether oxygens (including phenoxy) is 2. The molecule has 0 N–H and O–H groups in total. The summed E-state index contributed by atoms with van der Waals surface area (Å²) in [6.45, 7) is 11.8. The normalized spacial score (nSPS) is 10.8. The minimum Gasteiger partial charge on any atom is -0.453 e. The first-order valence-electron chi connectivity index (χ1n) is 12.3. The molecule has 6 aromatic carbocycles. The van der Waals surface area contributed by atoms with Crippen molar-refractivity contribution in [2.45, 2.75) is 13.8 Å². The molecule has 6 rings (SSSR count). The van der Waals surface area contributed by atoms with Crippen LogP contribution in [-0.2, 0) is 0 Å². The second kappa shape index (κ2) is 9.28. The summed E-state index contributed by atoms with van der Waals surface area (Å²) in [6, 6.07) is 33.4. The second-order valence-corrected chi connectivity index (χ2v) is 9.30. The van der Waals surface area contributed by atoms with Gasteiger partial charge in [0.1, 0.15) is 11.5 Å². The first-order chi connectivity index (χ1) is 18.6. The van der Waals surface area contributed by atoms with Gasteiger partial charge in [0.2, 0.25) is 5.69 Å². The minimum atomic E-state index is 0.351. The number of fused-ring (bicyclic) bond motifs is 6. The van der Waals surface area contributed by atoms with E-state index in [1.54, 1.807) is 0 Å². The maximum Gasteiger partial charge on any atom is 0.205 e. The highest BCUT2D eigenvalue weighted by atomic mass is 16.5. The molecule has 0 aliphatic rings. The molecule has 0 heterocycles. The van der Waals surface area contributed by atoms with Gasteiger partial charge in [0, 0.05) is 0 Å². The van der Waals surface area contributed by atoms with Gasteiger partial charge in [-0.25, -0.2) is 4.85 Å². The van der Waals surface area contributed by atoms with Gasteiger partial charge in [0.25, 0.3) is 0 Å². The van der Waals surface area contributed by atoms with Crippen molar-refractivity contribution in [3.63, 3.8) is 0 Å². The molecule has 0 saturated carbocycles. The van der Waals surface area contributed by atoms with Gasteiger partial charge in [-0.05, 0) is 106 Å². The van der Waals surface area contributed by atoms with E-state index in [-0.39, 0.29) is 0 Å². The van der Waals surface area contributed by atoms with Crippen molar-refractivity contribution in [1.29, 1.82) is 5.26 Å². The molecule has 0 aliphatic carbocycles. The second-order valence-electron chi connectivity index (χ2n) is 9.30. The number of nitrogens with zero attached hydrogens (tertiary/aromatic N) is 2. The van der Waals surface area contributed by atoms with Crippen molar-refractivity contribution < 1.29 is 9.47 Å². The summed E-state index contributed by atoms with van der Waals surface area (Å²) < 4.78 is 12.7. The molecule has 4 nitrogen and oxygen atoms in total. The van der Waals surface area contributed by atoms with E-state index in [9.17, 15) is 5.26 Å². The fourth-order valence-electron chi connectivity index (χ4n) is 4.87. The predicted molar refractivity (Wildman–Crippen MR) is 152 cm³/mol. The Balaban J connectivity index is 1.74. The van der Waals surface area contributed by atoms with E-state index in [0.717, 1.165) is 37.9 Å². The molecule has 4 heteroatoms. The maximum absolute atomic E-state index is 9.79. The highest BCUT2D eigenvalue weighted by Gasteiger charge is 2.18. The molecule has 0 aromatic heterocycles. The number of hydrogen-bond donors (Lipinski definition) is 0. The summed E-state index contributed by atoms with van der Waals surface area (Å²) in [6.07, 6.45) is 0. The molecule has 0 fully saturated rings. The van der Waals surface area contributed by atoms with E-state index < -0.39 is 0 Å². The van der Waals surface area contributed by atoms with Crippen LogP contribution in [-0.4, -0.2) is 0 Å². The van der Waals surface area contributed by atoms with Gasteiger partial charge in [0.05, 0.1) is 18.2 Å². The summed E-state index contributed by atoms with van der Waals surface area (Å²) in [5.74, 6) is 2.54. The zero-order valence-corrected chi connectivity index (χ0v) is 20.9. The molecule has 38 heavy (non-hydrogen) atoms. The van der Waals surface area contributed by atoms with E-state index in [2.05, 4.69) is 36.9 Å². The van der Waals surface area contributed by atoms with E-state index in [0.29, 0.717) is 34.2 Å². The van der Waals surface area contributed by atoms with Crippen molar-refractivity contribution in [2.24, 2.45) is 0 Å². The minimum absolute atomic E-state index is 0.351. The Labute approximate surface area is 220 Å². The van der Waals surface area contributed by atoms with Crippen molar-refractivity contribution in [1.82, 2.24) is 0 Å². The highest BCUT2D eigenvalue weighted by molar-refractivity contribution is 6.26. The molecular weight excluding hydrogens is 468 g/mol. The summed E-state index contributed by atoms with van der Waals surface area (Å²) in [5.41, 5.74) is 3.04. The van der Waals surface area contributed by atoms with Gasteiger partial charge in [-0.15, -0.1) is 0 Å². The van der Waals surface area contributed by atoms with Crippen molar-refractivity contribution in [2.75, 3.05) is 0 Å². The van der Waals surface area contributed by atoms with Crippen molar-refractivity contribution in [3.05, 3.63) is 125 Å². The van der Waals surface area contributed by atoms with Crippen LogP contribution in [0.3, 0.4) is 0 Å². The summed E-state index contributed by atoms with van der Waals surface area (Å²) >= 11 is 0. The highest BCUT2D eigenvalue weighted by Crippen LogP contribution is 2.45. The smallest absolute Gasteiger partial charge is 0.205 e. The SMILES string of the molecule is [C-]#[N+]c1cc2c3cc(C)c(C)cc3c3cc(Oc4ccccc4)c(Oc4ccccc4)cc3c2cc1C#N. The van der Waals surface area contributed by atoms with Crippen LogP contribution in [0.1, 0.15) is 16.7 Å². The average molecular weight is 491 g/mol. The Morgan fingerprint density at radius 3 is 1.47 bits per heavy atom. The van der Waals surface area contributed by atoms with Gasteiger partial charge in [-0.1, -0.05) is 48.5 Å². The first kappa shape index (κ1) is 23.1. The van der Waals surface area contributed by atoms with Crippen molar-refractivity contribution >= 4 is 38.0 Å². The van der Waals surface area contributed by atoms with E-state index in [1.165, 1.54) is 5.56 Å². The zero-order chi connectivity index (χ0) is 26.2. The molecule has 0 atom stereocenters. The van der Waals surface area contributed by atoms with Crippen LogP contribution in [0, 0.1) is 31.8 Å². The number of aryl methyl sites for hydroxylation is 2. The number of hydrogen-bond acceptors (Lipinski definition) is 3. The molecule has 0 radical (unpaired) electrons. The van der Waals surface area contributed by atoms with Crippen LogP contribution in [0.4, 0.5) is 5.69 Å². The lowest BCUT2D eigenvalue weighted by Gasteiger charge is -2.18. The molecule has 6 aromatic rings. The van der Waals surface area contributed by atoms with Gasteiger partial charge >= 0.3 is 0 Å². The third-order valence-corrected chi connectivity index (χ3v) is 6.91. The van der Waals surface area contributed by atoms with Crippen molar-refractivity contribution in [3.8, 4) is 29.1 Å². The maximum atomic E-state index is 9.79. The molecule has 0 saturated heterocycles. The number of benzene rings is 6. The largest absolute Gasteiger partial charge is 0.453 e. The van der Waals surface area contributed by atoms with Crippen LogP contribution >= 0.6 is 0 Å². The molecule has 0 aliphatic heterocycles. The van der Waals surface area contributed by atoms with E-state index >= 15 is 0 Å². The van der Waals surface area contributed by atoms with Crippen LogP contribution < -0.4 is 9.47 Å². The van der Waals surface area contributed by atoms with Gasteiger partial charge in [0.15, 0.2) is 11.5 Å². The van der Waals surface area contributed by atoms with E-state index in [1.807, 2.05) is 84.9 Å². The number of para-hydroxylation sites is 2. The lowest BCUT2D eigenvalue weighted by atomic mass is 9.90. The molecule has 180 valence electrons. The Morgan fingerprint density at radius 1 is 0.605 bits per heavy atom. The third kappa shape index (κ3) is 3.95. The summed E-state index contributed by atoms with van der Waals surface area (Å²) in [5, 5.41) is 15.6. The van der Waals surface area contributed by atoms with Crippen LogP contribution in [0.25, 0.3) is 37.2 Å². The zero-order valence-electron chi connectivity index (χ0n) is 20.9. The number of rotatable bonds is 4.